The van der Waals surface area contributed by atoms with Crippen LogP contribution in [0, 0.1) is 5.92 Å². The number of hydrogen-bond acceptors (Lipinski definition) is 4. The van der Waals surface area contributed by atoms with Crippen molar-refractivity contribution in [1.29, 1.82) is 0 Å². The zero-order valence-corrected chi connectivity index (χ0v) is 15.2. The third-order valence-corrected chi connectivity index (χ3v) is 5.70. The Morgan fingerprint density at radius 1 is 1.38 bits per heavy atom. The molecule has 0 amide bonds. The van der Waals surface area contributed by atoms with Crippen LogP contribution in [0.4, 0.5) is 0 Å². The fourth-order valence-electron chi connectivity index (χ4n) is 2.58. The van der Waals surface area contributed by atoms with Crippen LogP contribution in [0.2, 0.25) is 0 Å². The molecule has 0 bridgehead atoms. The number of ether oxygens (including phenoxy) is 1. The summed E-state index contributed by atoms with van der Waals surface area (Å²) < 4.78 is 28.7. The van der Waals surface area contributed by atoms with Crippen molar-refractivity contribution in [3.8, 4) is 0 Å². The number of benzene rings is 1. The third kappa shape index (κ3) is 6.49. The molecule has 1 aromatic carbocycles. The summed E-state index contributed by atoms with van der Waals surface area (Å²) in [6.07, 6.45) is 0.638. The molecule has 2 unspecified atom stereocenters. The average molecular weight is 353 g/mol. The van der Waals surface area contributed by atoms with Gasteiger partial charge in [0.05, 0.1) is 24.7 Å². The van der Waals surface area contributed by atoms with Gasteiger partial charge in [0, 0.05) is 19.6 Å². The highest BCUT2D eigenvalue weighted by Gasteiger charge is 2.28. The Hall–Kier alpha value is -1.60. The molecule has 1 fully saturated rings. The molecule has 7 heteroatoms. The van der Waals surface area contributed by atoms with Gasteiger partial charge in [-0.15, -0.1) is 0 Å². The minimum Gasteiger partial charge on any atom is -0.376 e. The summed E-state index contributed by atoms with van der Waals surface area (Å²) >= 11 is 0. The van der Waals surface area contributed by atoms with Gasteiger partial charge in [-0.3, -0.25) is 4.99 Å². The van der Waals surface area contributed by atoms with Gasteiger partial charge < -0.3 is 15.4 Å². The van der Waals surface area contributed by atoms with Crippen LogP contribution in [0.3, 0.4) is 0 Å². The first-order chi connectivity index (χ1) is 11.5. The fraction of sp³-hybridized carbons (Fsp3) is 0.588. The van der Waals surface area contributed by atoms with Crippen molar-refractivity contribution in [2.75, 3.05) is 31.7 Å². The minimum absolute atomic E-state index is 0.0502. The molecule has 1 saturated heterocycles. The quantitative estimate of drug-likeness (QED) is 0.569. The van der Waals surface area contributed by atoms with Gasteiger partial charge in [0.1, 0.15) is 0 Å². The van der Waals surface area contributed by atoms with Gasteiger partial charge in [0.15, 0.2) is 15.8 Å². The van der Waals surface area contributed by atoms with Crippen molar-refractivity contribution in [3.05, 3.63) is 35.9 Å². The highest BCUT2D eigenvalue weighted by Crippen LogP contribution is 2.11. The molecular weight excluding hydrogens is 326 g/mol. The second-order valence-corrected chi connectivity index (χ2v) is 8.53. The van der Waals surface area contributed by atoms with Crippen LogP contribution >= 0.6 is 0 Å². The molecule has 24 heavy (non-hydrogen) atoms. The molecule has 0 aliphatic carbocycles. The smallest absolute Gasteiger partial charge is 0.191 e. The molecule has 1 aliphatic rings. The number of hydrogen-bond donors (Lipinski definition) is 2. The van der Waals surface area contributed by atoms with E-state index in [1.54, 1.807) is 7.05 Å². The summed E-state index contributed by atoms with van der Waals surface area (Å²) in [4.78, 5) is 4.16. The fourth-order valence-corrected chi connectivity index (χ4v) is 4.25. The monoisotopic (exact) mass is 353 g/mol. The molecule has 1 aliphatic heterocycles. The topological polar surface area (TPSA) is 79.8 Å². The maximum absolute atomic E-state index is 11.5. The summed E-state index contributed by atoms with van der Waals surface area (Å²) in [5.74, 6) is 1.40. The van der Waals surface area contributed by atoms with Crippen molar-refractivity contribution in [2.45, 2.75) is 26.0 Å². The van der Waals surface area contributed by atoms with Crippen LogP contribution in [0.25, 0.3) is 0 Å². The largest absolute Gasteiger partial charge is 0.376 e. The summed E-state index contributed by atoms with van der Waals surface area (Å²) in [7, 11) is -1.19. The van der Waals surface area contributed by atoms with Gasteiger partial charge in [0.25, 0.3) is 0 Å². The lowest BCUT2D eigenvalue weighted by atomic mass is 10.2. The van der Waals surface area contributed by atoms with E-state index in [1.807, 2.05) is 30.3 Å². The van der Waals surface area contributed by atoms with E-state index in [-0.39, 0.29) is 17.5 Å². The summed E-state index contributed by atoms with van der Waals surface area (Å²) in [6, 6.07) is 10.0. The number of guanidine groups is 1. The Morgan fingerprint density at radius 2 is 2.12 bits per heavy atom. The van der Waals surface area contributed by atoms with Crippen LogP contribution in [0.5, 0.6) is 0 Å². The van der Waals surface area contributed by atoms with Gasteiger partial charge >= 0.3 is 0 Å². The predicted octanol–water partition coefficient (Wildman–Crippen LogP) is 1.19. The van der Waals surface area contributed by atoms with Crippen molar-refractivity contribution < 1.29 is 13.2 Å². The highest BCUT2D eigenvalue weighted by atomic mass is 32.2. The van der Waals surface area contributed by atoms with Crippen molar-refractivity contribution in [3.63, 3.8) is 0 Å². The molecule has 0 aromatic heterocycles. The molecule has 1 heterocycles. The summed E-state index contributed by atoms with van der Waals surface area (Å²) in [5.41, 5.74) is 1.16. The van der Waals surface area contributed by atoms with E-state index in [0.29, 0.717) is 38.1 Å². The lowest BCUT2D eigenvalue weighted by Crippen LogP contribution is -2.45. The van der Waals surface area contributed by atoms with Crippen molar-refractivity contribution in [1.82, 2.24) is 10.6 Å². The number of nitrogens with zero attached hydrogens (tertiary/aromatic N) is 1. The standard InChI is InChI=1S/C17H27N3O3S/c1-14(11-23-12-15-6-4-3-5-7-15)10-19-17(18-2)20-16-8-9-24(21,22)13-16/h3-7,14,16H,8-13H2,1-2H3,(H2,18,19,20). The Labute approximate surface area is 144 Å². The molecular formula is C17H27N3O3S. The zero-order chi connectivity index (χ0) is 17.4. The Morgan fingerprint density at radius 3 is 2.75 bits per heavy atom. The normalized spacial score (nSPS) is 21.4. The van der Waals surface area contributed by atoms with E-state index in [2.05, 4.69) is 22.5 Å². The predicted molar refractivity (Wildman–Crippen MR) is 96.8 cm³/mol. The van der Waals surface area contributed by atoms with Crippen molar-refractivity contribution in [2.24, 2.45) is 10.9 Å². The Bertz CT molecular complexity index is 632. The van der Waals surface area contributed by atoms with Crippen LogP contribution in [0.15, 0.2) is 35.3 Å². The molecule has 2 rings (SSSR count). The minimum atomic E-state index is -2.88. The molecule has 2 N–H and O–H groups in total. The average Bonchev–Trinajstić information content (AvgIpc) is 2.91. The highest BCUT2D eigenvalue weighted by molar-refractivity contribution is 7.91. The SMILES string of the molecule is CN=C(NCC(C)COCc1ccccc1)NC1CCS(=O)(=O)C1. The molecule has 1 aromatic rings. The zero-order valence-electron chi connectivity index (χ0n) is 14.4. The van der Waals surface area contributed by atoms with E-state index in [4.69, 9.17) is 4.74 Å². The first-order valence-electron chi connectivity index (χ1n) is 8.28. The van der Waals surface area contributed by atoms with Gasteiger partial charge in [-0.05, 0) is 17.9 Å². The lowest BCUT2D eigenvalue weighted by Gasteiger charge is -2.18. The van der Waals surface area contributed by atoms with Crippen LogP contribution in [-0.4, -0.2) is 52.1 Å². The Kier molecular flexibility index (Phi) is 7.05. The van der Waals surface area contributed by atoms with Crippen LogP contribution in [0.1, 0.15) is 18.9 Å². The maximum atomic E-state index is 11.5. The molecule has 0 radical (unpaired) electrons. The van der Waals surface area contributed by atoms with Crippen LogP contribution < -0.4 is 10.6 Å². The first-order valence-corrected chi connectivity index (χ1v) is 10.1. The van der Waals surface area contributed by atoms with Gasteiger partial charge in [0.2, 0.25) is 0 Å². The number of rotatable bonds is 7. The number of aliphatic imine (C=N–C) groups is 1. The summed E-state index contributed by atoms with van der Waals surface area (Å²) in [6.45, 7) is 4.08. The number of nitrogens with one attached hydrogen (secondary N) is 2. The van der Waals surface area contributed by atoms with Crippen LogP contribution in [-0.2, 0) is 21.2 Å². The second kappa shape index (κ2) is 9.03. The van der Waals surface area contributed by atoms with Gasteiger partial charge in [-0.2, -0.15) is 0 Å². The second-order valence-electron chi connectivity index (χ2n) is 6.30. The molecule has 0 spiro atoms. The molecule has 2 atom stereocenters. The molecule has 134 valence electrons. The van der Waals surface area contributed by atoms with E-state index >= 15 is 0 Å². The first kappa shape index (κ1) is 18.7. The van der Waals surface area contributed by atoms with E-state index in [0.717, 1.165) is 5.56 Å². The van der Waals surface area contributed by atoms with E-state index < -0.39 is 9.84 Å². The third-order valence-electron chi connectivity index (χ3n) is 3.93. The summed E-state index contributed by atoms with van der Waals surface area (Å²) in [5, 5.41) is 6.41. The van der Waals surface area contributed by atoms with Gasteiger partial charge in [-0.25, -0.2) is 8.42 Å². The lowest BCUT2D eigenvalue weighted by molar-refractivity contribution is 0.0931. The Balaban J connectivity index is 1.65. The molecule has 0 saturated carbocycles. The van der Waals surface area contributed by atoms with Crippen molar-refractivity contribution >= 4 is 15.8 Å². The van der Waals surface area contributed by atoms with E-state index in [9.17, 15) is 8.42 Å². The van der Waals surface area contributed by atoms with E-state index in [1.165, 1.54) is 0 Å². The number of sulfone groups is 1. The molecule has 6 nitrogen and oxygen atoms in total. The maximum Gasteiger partial charge on any atom is 0.191 e. The van der Waals surface area contributed by atoms with Gasteiger partial charge in [-0.1, -0.05) is 37.3 Å².